The zero-order chi connectivity index (χ0) is 10.6. The van der Waals surface area contributed by atoms with Gasteiger partial charge in [0.1, 0.15) is 0 Å². The van der Waals surface area contributed by atoms with E-state index in [2.05, 4.69) is 10.3 Å². The van der Waals surface area contributed by atoms with Crippen molar-refractivity contribution in [1.29, 1.82) is 0 Å². The molecule has 1 rings (SSSR count). The van der Waals surface area contributed by atoms with Crippen molar-refractivity contribution in [1.82, 2.24) is 10.3 Å². The van der Waals surface area contributed by atoms with E-state index in [1.54, 1.807) is 11.7 Å². The molecular weight excluding hydrogens is 196 g/mol. The molecular formula is C10H16N2OS. The minimum absolute atomic E-state index is 0.212. The van der Waals surface area contributed by atoms with Crippen molar-refractivity contribution in [3.05, 3.63) is 16.6 Å². The van der Waals surface area contributed by atoms with Gasteiger partial charge >= 0.3 is 0 Å². The summed E-state index contributed by atoms with van der Waals surface area (Å²) in [6, 6.07) is 0. The Morgan fingerprint density at radius 1 is 1.64 bits per heavy atom. The maximum atomic E-state index is 11.8. The van der Waals surface area contributed by atoms with E-state index < -0.39 is 5.54 Å². The SMILES string of the molecule is CCNC(C)(C)C(=O)Cc1cncs1. The van der Waals surface area contributed by atoms with Crippen LogP contribution in [0.1, 0.15) is 25.6 Å². The van der Waals surface area contributed by atoms with Gasteiger partial charge in [0.05, 0.1) is 11.0 Å². The van der Waals surface area contributed by atoms with E-state index in [4.69, 9.17) is 0 Å². The minimum atomic E-state index is -0.432. The smallest absolute Gasteiger partial charge is 0.157 e. The molecule has 0 aliphatic heterocycles. The Balaban J connectivity index is 2.57. The predicted octanol–water partition coefficient (Wildman–Crippen LogP) is 1.64. The maximum absolute atomic E-state index is 11.8. The molecule has 1 N–H and O–H groups in total. The molecule has 0 spiro atoms. The fourth-order valence-electron chi connectivity index (χ4n) is 1.25. The molecule has 0 bridgehead atoms. The summed E-state index contributed by atoms with van der Waals surface area (Å²) in [7, 11) is 0. The van der Waals surface area contributed by atoms with Gasteiger partial charge in [-0.25, -0.2) is 0 Å². The molecule has 1 aromatic rings. The number of aromatic nitrogens is 1. The Labute approximate surface area is 88.6 Å². The minimum Gasteiger partial charge on any atom is -0.306 e. The molecule has 1 heterocycles. The summed E-state index contributed by atoms with van der Waals surface area (Å²) in [5, 5.41) is 3.17. The second kappa shape index (κ2) is 4.66. The van der Waals surface area contributed by atoms with E-state index in [-0.39, 0.29) is 5.78 Å². The molecule has 0 saturated carbocycles. The van der Waals surface area contributed by atoms with Gasteiger partial charge in [0.15, 0.2) is 5.78 Å². The van der Waals surface area contributed by atoms with Crippen molar-refractivity contribution in [2.24, 2.45) is 0 Å². The third kappa shape index (κ3) is 2.89. The number of ketones is 1. The van der Waals surface area contributed by atoms with Gasteiger partial charge in [0, 0.05) is 17.5 Å². The number of likely N-dealkylation sites (N-methyl/N-ethyl adjacent to an activating group) is 1. The third-order valence-corrected chi connectivity index (χ3v) is 2.91. The zero-order valence-electron chi connectivity index (χ0n) is 8.83. The van der Waals surface area contributed by atoms with Crippen LogP contribution in [-0.2, 0) is 11.2 Å². The van der Waals surface area contributed by atoms with Gasteiger partial charge in [0.25, 0.3) is 0 Å². The standard InChI is InChI=1S/C10H16N2OS/c1-4-12-10(2,3)9(13)5-8-6-11-7-14-8/h6-7,12H,4-5H2,1-3H3. The summed E-state index contributed by atoms with van der Waals surface area (Å²) in [5.41, 5.74) is 1.32. The fraction of sp³-hybridized carbons (Fsp3) is 0.600. The lowest BCUT2D eigenvalue weighted by Gasteiger charge is -2.23. The van der Waals surface area contributed by atoms with Gasteiger partial charge in [-0.3, -0.25) is 9.78 Å². The van der Waals surface area contributed by atoms with Crippen LogP contribution in [0.3, 0.4) is 0 Å². The highest BCUT2D eigenvalue weighted by molar-refractivity contribution is 7.09. The lowest BCUT2D eigenvalue weighted by atomic mass is 9.96. The summed E-state index contributed by atoms with van der Waals surface area (Å²) in [5.74, 6) is 0.212. The summed E-state index contributed by atoms with van der Waals surface area (Å²) >= 11 is 1.53. The molecule has 0 fully saturated rings. The van der Waals surface area contributed by atoms with Gasteiger partial charge in [-0.15, -0.1) is 11.3 Å². The highest BCUT2D eigenvalue weighted by Gasteiger charge is 2.25. The van der Waals surface area contributed by atoms with E-state index in [1.165, 1.54) is 11.3 Å². The quantitative estimate of drug-likeness (QED) is 0.807. The third-order valence-electron chi connectivity index (χ3n) is 2.13. The van der Waals surface area contributed by atoms with Crippen molar-refractivity contribution in [2.75, 3.05) is 6.54 Å². The molecule has 0 unspecified atom stereocenters. The van der Waals surface area contributed by atoms with E-state index in [1.807, 2.05) is 20.8 Å². The molecule has 0 radical (unpaired) electrons. The number of hydrogen-bond donors (Lipinski definition) is 1. The molecule has 0 atom stereocenters. The molecule has 0 aliphatic rings. The number of carbonyl (C=O) groups is 1. The Morgan fingerprint density at radius 2 is 2.36 bits per heavy atom. The molecule has 0 aliphatic carbocycles. The van der Waals surface area contributed by atoms with E-state index in [0.29, 0.717) is 6.42 Å². The number of Topliss-reactive ketones (excluding diaryl/α,β-unsaturated/α-hetero) is 1. The first-order chi connectivity index (χ1) is 6.56. The van der Waals surface area contributed by atoms with E-state index >= 15 is 0 Å². The first-order valence-electron chi connectivity index (χ1n) is 4.72. The van der Waals surface area contributed by atoms with Crippen LogP contribution in [0.2, 0.25) is 0 Å². The van der Waals surface area contributed by atoms with Crippen LogP contribution < -0.4 is 5.32 Å². The van der Waals surface area contributed by atoms with Crippen molar-refractivity contribution >= 4 is 17.1 Å². The summed E-state index contributed by atoms with van der Waals surface area (Å²) in [6.45, 7) is 6.64. The topological polar surface area (TPSA) is 42.0 Å². The highest BCUT2D eigenvalue weighted by Crippen LogP contribution is 2.12. The van der Waals surface area contributed by atoms with Gasteiger partial charge in [-0.2, -0.15) is 0 Å². The van der Waals surface area contributed by atoms with Crippen LogP contribution in [0.5, 0.6) is 0 Å². The number of rotatable bonds is 5. The molecule has 1 aromatic heterocycles. The summed E-state index contributed by atoms with van der Waals surface area (Å²) in [6.07, 6.45) is 2.23. The number of nitrogens with zero attached hydrogens (tertiary/aromatic N) is 1. The molecule has 4 heteroatoms. The maximum Gasteiger partial charge on any atom is 0.157 e. The Morgan fingerprint density at radius 3 is 2.86 bits per heavy atom. The first-order valence-corrected chi connectivity index (χ1v) is 5.60. The molecule has 0 amide bonds. The average Bonchev–Trinajstić information content (AvgIpc) is 2.56. The molecule has 0 aromatic carbocycles. The molecule has 0 saturated heterocycles. The molecule has 3 nitrogen and oxygen atoms in total. The highest BCUT2D eigenvalue weighted by atomic mass is 32.1. The van der Waals surface area contributed by atoms with Gasteiger partial charge < -0.3 is 5.32 Å². The predicted molar refractivity (Wildman–Crippen MR) is 58.6 cm³/mol. The van der Waals surface area contributed by atoms with Crippen LogP contribution in [0.25, 0.3) is 0 Å². The number of carbonyl (C=O) groups excluding carboxylic acids is 1. The fourth-order valence-corrected chi connectivity index (χ4v) is 1.84. The molecule has 78 valence electrons. The van der Waals surface area contributed by atoms with Crippen molar-refractivity contribution in [2.45, 2.75) is 32.7 Å². The largest absolute Gasteiger partial charge is 0.306 e. The Kier molecular flexibility index (Phi) is 3.77. The van der Waals surface area contributed by atoms with Crippen LogP contribution in [0, 0.1) is 0 Å². The average molecular weight is 212 g/mol. The normalized spacial score (nSPS) is 11.6. The lowest BCUT2D eigenvalue weighted by Crippen LogP contribution is -2.47. The van der Waals surface area contributed by atoms with Crippen molar-refractivity contribution in [3.8, 4) is 0 Å². The van der Waals surface area contributed by atoms with Crippen LogP contribution in [0.4, 0.5) is 0 Å². The number of hydrogen-bond acceptors (Lipinski definition) is 4. The van der Waals surface area contributed by atoms with E-state index in [0.717, 1.165) is 11.4 Å². The van der Waals surface area contributed by atoms with Crippen LogP contribution in [0.15, 0.2) is 11.7 Å². The van der Waals surface area contributed by atoms with Crippen molar-refractivity contribution < 1.29 is 4.79 Å². The van der Waals surface area contributed by atoms with Gasteiger partial charge in [-0.05, 0) is 20.4 Å². The Bertz CT molecular complexity index is 293. The summed E-state index contributed by atoms with van der Waals surface area (Å²) in [4.78, 5) is 16.8. The summed E-state index contributed by atoms with van der Waals surface area (Å²) < 4.78 is 0. The zero-order valence-corrected chi connectivity index (χ0v) is 9.65. The number of nitrogens with one attached hydrogen (secondary N) is 1. The van der Waals surface area contributed by atoms with Crippen LogP contribution in [-0.4, -0.2) is 22.9 Å². The molecule has 14 heavy (non-hydrogen) atoms. The van der Waals surface area contributed by atoms with Crippen LogP contribution >= 0.6 is 11.3 Å². The second-order valence-corrected chi connectivity index (χ2v) is 4.69. The first kappa shape index (κ1) is 11.3. The second-order valence-electron chi connectivity index (χ2n) is 3.72. The van der Waals surface area contributed by atoms with Gasteiger partial charge in [-0.1, -0.05) is 6.92 Å². The monoisotopic (exact) mass is 212 g/mol. The number of thiazole rings is 1. The lowest BCUT2D eigenvalue weighted by molar-refractivity contribution is -0.123. The van der Waals surface area contributed by atoms with Crippen molar-refractivity contribution in [3.63, 3.8) is 0 Å². The van der Waals surface area contributed by atoms with Gasteiger partial charge in [0.2, 0.25) is 0 Å². The Hall–Kier alpha value is -0.740. The van der Waals surface area contributed by atoms with E-state index in [9.17, 15) is 4.79 Å².